The first-order chi connectivity index (χ1) is 9.34. The minimum Gasteiger partial charge on any atom is -0.365 e. The first kappa shape index (κ1) is 12.3. The molecule has 3 rings (SSSR count). The van der Waals surface area contributed by atoms with Crippen LogP contribution in [0.3, 0.4) is 0 Å². The Morgan fingerprint density at radius 2 is 1.89 bits per heavy atom. The van der Waals surface area contributed by atoms with E-state index in [1.807, 2.05) is 0 Å². The Kier molecular flexibility index (Phi) is 3.59. The van der Waals surface area contributed by atoms with Crippen LogP contribution in [0.4, 0.5) is 5.82 Å². The molecule has 1 heterocycles. The average molecular weight is 361 g/mol. The van der Waals surface area contributed by atoms with Gasteiger partial charge in [-0.15, -0.1) is 0 Å². The predicted molar refractivity (Wildman–Crippen MR) is 86.0 cm³/mol. The van der Waals surface area contributed by atoms with Crippen LogP contribution < -0.4 is 5.32 Å². The molecule has 0 spiro atoms. The Hall–Kier alpha value is -1.69. The lowest BCUT2D eigenvalue weighted by Gasteiger charge is -2.09. The smallest absolute Gasteiger partial charge is 0.143 e. The second kappa shape index (κ2) is 5.52. The molecule has 94 valence electrons. The molecule has 0 saturated heterocycles. The lowest BCUT2D eigenvalue weighted by atomic mass is 10.0. The van der Waals surface area contributed by atoms with Gasteiger partial charge < -0.3 is 5.32 Å². The number of aromatic nitrogens is 2. The zero-order chi connectivity index (χ0) is 13.1. The van der Waals surface area contributed by atoms with Crippen molar-refractivity contribution in [1.82, 2.24) is 9.97 Å². The first-order valence-corrected chi connectivity index (χ1v) is 7.08. The molecule has 3 aromatic rings. The van der Waals surface area contributed by atoms with Crippen LogP contribution in [0.2, 0.25) is 0 Å². The van der Waals surface area contributed by atoms with Crippen molar-refractivity contribution in [2.75, 3.05) is 5.32 Å². The number of fused-ring (bicyclic) bond motifs is 1. The molecule has 1 aromatic heterocycles. The number of nitrogens with zero attached hydrogens (tertiary/aromatic N) is 2. The van der Waals surface area contributed by atoms with Gasteiger partial charge in [0.05, 0.1) is 3.57 Å². The van der Waals surface area contributed by atoms with Crippen LogP contribution >= 0.6 is 22.6 Å². The van der Waals surface area contributed by atoms with Crippen molar-refractivity contribution in [3.05, 3.63) is 64.1 Å². The third-order valence-electron chi connectivity index (χ3n) is 2.99. The van der Waals surface area contributed by atoms with Crippen LogP contribution in [0.25, 0.3) is 10.8 Å². The van der Waals surface area contributed by atoms with E-state index < -0.39 is 0 Å². The highest BCUT2D eigenvalue weighted by Gasteiger charge is 2.03. The van der Waals surface area contributed by atoms with E-state index in [2.05, 4.69) is 80.3 Å². The van der Waals surface area contributed by atoms with Crippen molar-refractivity contribution in [3.63, 3.8) is 0 Å². The number of halogens is 1. The number of hydrogen-bond donors (Lipinski definition) is 1. The number of nitrogens with one attached hydrogen (secondary N) is 1. The van der Waals surface area contributed by atoms with Gasteiger partial charge in [-0.2, -0.15) is 0 Å². The summed E-state index contributed by atoms with van der Waals surface area (Å²) in [5.41, 5.74) is 1.27. The van der Waals surface area contributed by atoms with Gasteiger partial charge in [-0.05, 0) is 38.9 Å². The molecule has 19 heavy (non-hydrogen) atoms. The summed E-state index contributed by atoms with van der Waals surface area (Å²) in [6, 6.07) is 14.8. The monoisotopic (exact) mass is 361 g/mol. The fourth-order valence-electron chi connectivity index (χ4n) is 2.07. The van der Waals surface area contributed by atoms with Gasteiger partial charge in [0.1, 0.15) is 12.1 Å². The molecule has 0 atom stereocenters. The van der Waals surface area contributed by atoms with Gasteiger partial charge in [0, 0.05) is 12.7 Å². The summed E-state index contributed by atoms with van der Waals surface area (Å²) in [7, 11) is 0. The van der Waals surface area contributed by atoms with Gasteiger partial charge in [-0.3, -0.25) is 0 Å². The van der Waals surface area contributed by atoms with Crippen LogP contribution in [0.1, 0.15) is 5.56 Å². The van der Waals surface area contributed by atoms with Gasteiger partial charge in [-0.1, -0.05) is 42.5 Å². The van der Waals surface area contributed by atoms with Crippen molar-refractivity contribution in [2.24, 2.45) is 0 Å². The molecule has 0 aliphatic rings. The Balaban J connectivity index is 1.88. The van der Waals surface area contributed by atoms with E-state index in [0.717, 1.165) is 15.9 Å². The van der Waals surface area contributed by atoms with E-state index in [9.17, 15) is 0 Å². The van der Waals surface area contributed by atoms with Crippen molar-refractivity contribution in [1.29, 1.82) is 0 Å². The molecule has 3 nitrogen and oxygen atoms in total. The molecular weight excluding hydrogens is 349 g/mol. The quantitative estimate of drug-likeness (QED) is 0.721. The SMILES string of the molecule is Ic1cncnc1NCc1cccc2ccccc12. The van der Waals surface area contributed by atoms with E-state index in [0.29, 0.717) is 0 Å². The molecule has 0 aliphatic carbocycles. The highest BCUT2D eigenvalue weighted by atomic mass is 127. The Morgan fingerprint density at radius 3 is 2.79 bits per heavy atom. The lowest BCUT2D eigenvalue weighted by molar-refractivity contribution is 1.08. The van der Waals surface area contributed by atoms with Gasteiger partial charge >= 0.3 is 0 Å². The molecule has 0 fully saturated rings. The van der Waals surface area contributed by atoms with Crippen LogP contribution in [-0.2, 0) is 6.54 Å². The van der Waals surface area contributed by atoms with Crippen LogP contribution in [0.15, 0.2) is 55.0 Å². The summed E-state index contributed by atoms with van der Waals surface area (Å²) >= 11 is 2.23. The molecule has 4 heteroatoms. The van der Waals surface area contributed by atoms with Crippen molar-refractivity contribution in [3.8, 4) is 0 Å². The zero-order valence-electron chi connectivity index (χ0n) is 10.2. The molecule has 0 saturated carbocycles. The van der Waals surface area contributed by atoms with Crippen LogP contribution in [-0.4, -0.2) is 9.97 Å². The second-order valence-electron chi connectivity index (χ2n) is 4.21. The summed E-state index contributed by atoms with van der Waals surface area (Å²) in [4.78, 5) is 8.23. The van der Waals surface area contributed by atoms with Crippen molar-refractivity contribution < 1.29 is 0 Å². The van der Waals surface area contributed by atoms with Gasteiger partial charge in [0.2, 0.25) is 0 Å². The zero-order valence-corrected chi connectivity index (χ0v) is 12.3. The summed E-state index contributed by atoms with van der Waals surface area (Å²) < 4.78 is 1.03. The third kappa shape index (κ3) is 2.68. The summed E-state index contributed by atoms with van der Waals surface area (Å²) in [5.74, 6) is 0.878. The van der Waals surface area contributed by atoms with E-state index in [1.54, 1.807) is 12.5 Å². The van der Waals surface area contributed by atoms with Crippen molar-refractivity contribution >= 4 is 39.2 Å². The van der Waals surface area contributed by atoms with Crippen LogP contribution in [0, 0.1) is 3.57 Å². The standard InChI is InChI=1S/C15H12IN3/c16-14-9-17-10-19-15(14)18-8-12-6-3-5-11-4-1-2-7-13(11)12/h1-7,9-10H,8H2,(H,17,18,19). The maximum absolute atomic E-state index is 4.24. The molecular formula is C15H12IN3. The minimum atomic E-state index is 0.758. The number of hydrogen-bond acceptors (Lipinski definition) is 3. The summed E-state index contributed by atoms with van der Waals surface area (Å²) in [6.45, 7) is 0.758. The fourth-order valence-corrected chi connectivity index (χ4v) is 2.56. The highest BCUT2D eigenvalue weighted by Crippen LogP contribution is 2.20. The number of benzene rings is 2. The molecule has 0 radical (unpaired) electrons. The molecule has 0 aliphatic heterocycles. The molecule has 1 N–H and O–H groups in total. The number of rotatable bonds is 3. The maximum atomic E-state index is 4.24. The average Bonchev–Trinajstić information content (AvgIpc) is 2.46. The minimum absolute atomic E-state index is 0.758. The molecule has 2 aromatic carbocycles. The lowest BCUT2D eigenvalue weighted by Crippen LogP contribution is -2.03. The van der Waals surface area contributed by atoms with E-state index in [-0.39, 0.29) is 0 Å². The Morgan fingerprint density at radius 1 is 1.05 bits per heavy atom. The first-order valence-electron chi connectivity index (χ1n) is 6.00. The van der Waals surface area contributed by atoms with E-state index in [1.165, 1.54) is 16.3 Å². The normalized spacial score (nSPS) is 10.6. The largest absolute Gasteiger partial charge is 0.365 e. The Bertz CT molecular complexity index is 707. The predicted octanol–water partition coefficient (Wildman–Crippen LogP) is 3.85. The third-order valence-corrected chi connectivity index (χ3v) is 3.78. The highest BCUT2D eigenvalue weighted by molar-refractivity contribution is 14.1. The van der Waals surface area contributed by atoms with Gasteiger partial charge in [-0.25, -0.2) is 9.97 Å². The van der Waals surface area contributed by atoms with E-state index in [4.69, 9.17) is 0 Å². The van der Waals surface area contributed by atoms with Crippen molar-refractivity contribution in [2.45, 2.75) is 6.54 Å². The summed E-state index contributed by atoms with van der Waals surface area (Å²) in [5, 5.41) is 5.91. The molecule has 0 amide bonds. The van der Waals surface area contributed by atoms with E-state index >= 15 is 0 Å². The van der Waals surface area contributed by atoms with Gasteiger partial charge in [0.15, 0.2) is 0 Å². The summed E-state index contributed by atoms with van der Waals surface area (Å²) in [6.07, 6.45) is 3.37. The topological polar surface area (TPSA) is 37.8 Å². The second-order valence-corrected chi connectivity index (χ2v) is 5.37. The van der Waals surface area contributed by atoms with Gasteiger partial charge in [0.25, 0.3) is 0 Å². The molecule has 0 unspecified atom stereocenters. The molecule has 0 bridgehead atoms. The fraction of sp³-hybridized carbons (Fsp3) is 0.0667. The number of anilines is 1. The van der Waals surface area contributed by atoms with Crippen LogP contribution in [0.5, 0.6) is 0 Å². The maximum Gasteiger partial charge on any atom is 0.143 e. The Labute approximate surface area is 125 Å².